The summed E-state index contributed by atoms with van der Waals surface area (Å²) in [5, 5.41) is 5.39. The van der Waals surface area contributed by atoms with E-state index in [1.54, 1.807) is 18.2 Å². The van der Waals surface area contributed by atoms with Gasteiger partial charge < -0.3 is 5.32 Å². The van der Waals surface area contributed by atoms with Crippen molar-refractivity contribution in [3.8, 4) is 0 Å². The molecule has 0 radical (unpaired) electrons. The molecule has 9 heteroatoms. The largest absolute Gasteiger partial charge is 0.324 e. The minimum absolute atomic E-state index is 0.0972. The lowest BCUT2D eigenvalue weighted by molar-refractivity contribution is -0.120. The molecule has 0 aromatic heterocycles. The summed E-state index contributed by atoms with van der Waals surface area (Å²) in [6, 6.07) is 15.6. The Morgan fingerprint density at radius 2 is 1.65 bits per heavy atom. The van der Waals surface area contributed by atoms with Crippen LogP contribution in [0.3, 0.4) is 0 Å². The van der Waals surface area contributed by atoms with Crippen molar-refractivity contribution < 1.29 is 13.2 Å². The molecule has 3 aromatic rings. The molecule has 1 N–H and O–H groups in total. The number of sulfonamides is 1. The fourth-order valence-electron chi connectivity index (χ4n) is 3.70. The molecule has 1 heterocycles. The number of benzene rings is 3. The highest BCUT2D eigenvalue weighted by Gasteiger charge is 2.33. The van der Waals surface area contributed by atoms with Crippen molar-refractivity contribution in [2.24, 2.45) is 5.92 Å². The molecule has 4 rings (SSSR count). The number of piperidine rings is 1. The van der Waals surface area contributed by atoms with Crippen LogP contribution in [0, 0.1) is 5.92 Å². The molecule has 1 atom stereocenters. The molecule has 1 amide bonds. The number of carbonyl (C=O) groups is 1. The number of hydrogen-bond donors (Lipinski definition) is 1. The summed E-state index contributed by atoms with van der Waals surface area (Å²) in [5.74, 6) is -0.812. The van der Waals surface area contributed by atoms with Gasteiger partial charge in [-0.05, 0) is 47.9 Å². The number of anilines is 1. The summed E-state index contributed by atoms with van der Waals surface area (Å²) in [7, 11) is -3.72. The number of hydrogen-bond acceptors (Lipinski definition) is 3. The van der Waals surface area contributed by atoms with Crippen LogP contribution in [0.2, 0.25) is 15.1 Å². The maximum Gasteiger partial charge on any atom is 0.243 e. The van der Waals surface area contributed by atoms with Gasteiger partial charge in [0.05, 0.1) is 31.6 Å². The second-order valence-electron chi connectivity index (χ2n) is 7.45. The molecule has 1 aliphatic heterocycles. The Balaban J connectivity index is 1.53. The summed E-state index contributed by atoms with van der Waals surface area (Å²) in [6.07, 6.45) is 1.16. The highest BCUT2D eigenvalue weighted by molar-refractivity contribution is 7.89. The molecule has 0 bridgehead atoms. The van der Waals surface area contributed by atoms with Crippen LogP contribution in [0.25, 0.3) is 10.8 Å². The fraction of sp³-hybridized carbons (Fsp3) is 0.227. The smallest absolute Gasteiger partial charge is 0.243 e. The lowest BCUT2D eigenvalue weighted by atomic mass is 9.98. The predicted molar refractivity (Wildman–Crippen MR) is 126 cm³/mol. The SMILES string of the molecule is O=C(Nc1cc(Cl)c(Cl)cc1Cl)[C@H]1CCCN(S(=O)(=O)c2ccc3ccccc3c2)C1. The number of nitrogens with one attached hydrogen (secondary N) is 1. The highest BCUT2D eigenvalue weighted by atomic mass is 35.5. The zero-order chi connectivity index (χ0) is 22.2. The predicted octanol–water partition coefficient (Wildman–Crippen LogP) is 5.84. The van der Waals surface area contributed by atoms with E-state index >= 15 is 0 Å². The fourth-order valence-corrected chi connectivity index (χ4v) is 5.86. The summed E-state index contributed by atoms with van der Waals surface area (Å²) in [4.78, 5) is 13.1. The monoisotopic (exact) mass is 496 g/mol. The van der Waals surface area contributed by atoms with E-state index in [1.807, 2.05) is 24.3 Å². The molecule has 3 aromatic carbocycles. The van der Waals surface area contributed by atoms with Crippen LogP contribution in [0.15, 0.2) is 59.5 Å². The average molecular weight is 498 g/mol. The molecule has 31 heavy (non-hydrogen) atoms. The average Bonchev–Trinajstić information content (AvgIpc) is 2.77. The van der Waals surface area contributed by atoms with E-state index in [2.05, 4.69) is 5.32 Å². The summed E-state index contributed by atoms with van der Waals surface area (Å²) in [5.41, 5.74) is 0.343. The van der Waals surface area contributed by atoms with E-state index in [-0.39, 0.29) is 32.4 Å². The standard InChI is InChI=1S/C22H19Cl3N2O3S/c23-18-11-20(25)21(12-19(18)24)26-22(28)16-6-3-9-27(13-16)31(29,30)17-8-7-14-4-1-2-5-15(14)10-17/h1-2,4-5,7-8,10-12,16H,3,6,9,13H2,(H,26,28)/t16-/m0/s1. The molecule has 0 aliphatic carbocycles. The third-order valence-corrected chi connectivity index (χ3v) is 8.28. The van der Waals surface area contributed by atoms with E-state index < -0.39 is 15.9 Å². The molecule has 1 fully saturated rings. The van der Waals surface area contributed by atoms with Gasteiger partial charge in [0.15, 0.2) is 0 Å². The van der Waals surface area contributed by atoms with Crippen molar-refractivity contribution in [1.29, 1.82) is 0 Å². The number of rotatable bonds is 4. The van der Waals surface area contributed by atoms with Gasteiger partial charge in [0, 0.05) is 13.1 Å². The van der Waals surface area contributed by atoms with E-state index in [0.29, 0.717) is 25.1 Å². The van der Waals surface area contributed by atoms with Gasteiger partial charge >= 0.3 is 0 Å². The Kier molecular flexibility index (Phi) is 6.47. The molecular formula is C22H19Cl3N2O3S. The van der Waals surface area contributed by atoms with Gasteiger partial charge in [-0.3, -0.25) is 4.79 Å². The Morgan fingerprint density at radius 1 is 0.935 bits per heavy atom. The molecular weight excluding hydrogens is 479 g/mol. The first-order valence-corrected chi connectivity index (χ1v) is 12.3. The molecule has 0 spiro atoms. The number of amides is 1. The number of nitrogens with zero attached hydrogens (tertiary/aromatic N) is 1. The van der Waals surface area contributed by atoms with Crippen molar-refractivity contribution in [3.63, 3.8) is 0 Å². The first-order valence-electron chi connectivity index (χ1n) is 9.70. The van der Waals surface area contributed by atoms with Gasteiger partial charge in [0.25, 0.3) is 0 Å². The highest BCUT2D eigenvalue weighted by Crippen LogP contribution is 2.33. The lowest BCUT2D eigenvalue weighted by Crippen LogP contribution is -2.43. The van der Waals surface area contributed by atoms with Crippen molar-refractivity contribution in [3.05, 3.63) is 69.7 Å². The van der Waals surface area contributed by atoms with E-state index in [1.165, 1.54) is 16.4 Å². The number of carbonyl (C=O) groups excluding carboxylic acids is 1. The topological polar surface area (TPSA) is 66.5 Å². The molecule has 0 saturated carbocycles. The van der Waals surface area contributed by atoms with Crippen LogP contribution in [0.5, 0.6) is 0 Å². The summed E-state index contributed by atoms with van der Waals surface area (Å²) in [6.45, 7) is 0.465. The van der Waals surface area contributed by atoms with Crippen LogP contribution in [0.1, 0.15) is 12.8 Å². The third kappa shape index (κ3) is 4.69. The van der Waals surface area contributed by atoms with Crippen LogP contribution < -0.4 is 5.32 Å². The zero-order valence-electron chi connectivity index (χ0n) is 16.3. The Bertz CT molecular complexity index is 1260. The molecule has 0 unspecified atom stereocenters. The van der Waals surface area contributed by atoms with Crippen molar-refractivity contribution in [2.45, 2.75) is 17.7 Å². The van der Waals surface area contributed by atoms with Crippen LogP contribution in [-0.4, -0.2) is 31.7 Å². The first-order chi connectivity index (χ1) is 14.8. The molecule has 162 valence electrons. The summed E-state index contributed by atoms with van der Waals surface area (Å²) >= 11 is 18.1. The van der Waals surface area contributed by atoms with Gasteiger partial charge in [0.1, 0.15) is 0 Å². The molecule has 1 saturated heterocycles. The maximum atomic E-state index is 13.2. The molecule has 5 nitrogen and oxygen atoms in total. The van der Waals surface area contributed by atoms with Gasteiger partial charge in [-0.15, -0.1) is 0 Å². The molecule has 1 aliphatic rings. The van der Waals surface area contributed by atoms with E-state index in [4.69, 9.17) is 34.8 Å². The van der Waals surface area contributed by atoms with Gasteiger partial charge in [-0.1, -0.05) is 65.1 Å². The van der Waals surface area contributed by atoms with Gasteiger partial charge in [-0.2, -0.15) is 4.31 Å². The Morgan fingerprint density at radius 3 is 2.42 bits per heavy atom. The van der Waals surface area contributed by atoms with E-state index in [0.717, 1.165) is 10.8 Å². The number of halogens is 3. The normalized spacial score (nSPS) is 17.6. The Labute approximate surface area is 195 Å². The van der Waals surface area contributed by atoms with Gasteiger partial charge in [0.2, 0.25) is 15.9 Å². The third-order valence-electron chi connectivity index (χ3n) is 5.38. The van der Waals surface area contributed by atoms with E-state index in [9.17, 15) is 13.2 Å². The zero-order valence-corrected chi connectivity index (χ0v) is 19.4. The van der Waals surface area contributed by atoms with Gasteiger partial charge in [-0.25, -0.2) is 8.42 Å². The van der Waals surface area contributed by atoms with Crippen molar-refractivity contribution in [1.82, 2.24) is 4.31 Å². The van der Waals surface area contributed by atoms with Crippen LogP contribution >= 0.6 is 34.8 Å². The first kappa shape index (κ1) is 22.4. The number of fused-ring (bicyclic) bond motifs is 1. The van der Waals surface area contributed by atoms with Crippen molar-refractivity contribution in [2.75, 3.05) is 18.4 Å². The minimum Gasteiger partial charge on any atom is -0.324 e. The maximum absolute atomic E-state index is 13.2. The van der Waals surface area contributed by atoms with Crippen molar-refractivity contribution >= 4 is 67.2 Å². The second kappa shape index (κ2) is 8.96. The quantitative estimate of drug-likeness (QED) is 0.461. The van der Waals surface area contributed by atoms with Crippen LogP contribution in [-0.2, 0) is 14.8 Å². The Hall–Kier alpha value is -1.83. The van der Waals surface area contributed by atoms with Crippen LogP contribution in [0.4, 0.5) is 5.69 Å². The lowest BCUT2D eigenvalue weighted by Gasteiger charge is -2.31. The summed E-state index contributed by atoms with van der Waals surface area (Å²) < 4.78 is 27.8. The minimum atomic E-state index is -3.72. The second-order valence-corrected chi connectivity index (χ2v) is 10.6.